The van der Waals surface area contributed by atoms with Gasteiger partial charge in [0.1, 0.15) is 30.5 Å². The predicted molar refractivity (Wildman–Crippen MR) is 272 cm³/mol. The molecule has 0 aromatic rings. The van der Waals surface area contributed by atoms with Gasteiger partial charge in [-0.15, -0.1) is 0 Å². The van der Waals surface area contributed by atoms with Crippen molar-refractivity contribution in [1.82, 2.24) is 5.32 Å². The van der Waals surface area contributed by atoms with E-state index in [9.17, 15) is 15.0 Å². The largest absolute Gasteiger partial charge is 0.390 e. The second-order valence-electron chi connectivity index (χ2n) is 20.3. The van der Waals surface area contributed by atoms with Crippen LogP contribution in [0.15, 0.2) is 0 Å². The van der Waals surface area contributed by atoms with E-state index < -0.39 is 49.0 Å². The number of aliphatic hydroxyl groups excluding tert-OH is 2. The van der Waals surface area contributed by atoms with Crippen LogP contribution in [0.4, 0.5) is 0 Å². The molecule has 1 amide bonds. The molecule has 66 heavy (non-hydrogen) atoms. The maximum absolute atomic E-state index is 13.5. The van der Waals surface area contributed by atoms with Gasteiger partial charge in [0.05, 0.1) is 25.4 Å². The zero-order chi connectivity index (χ0) is 47.7. The Labute approximate surface area is 407 Å². The zero-order valence-corrected chi connectivity index (χ0v) is 43.9. The molecular formula is C56H109NO9. The third-order valence-corrected chi connectivity index (χ3v) is 14.1. The van der Waals surface area contributed by atoms with Gasteiger partial charge >= 0.3 is 0 Å². The smallest absolute Gasteiger partial charge is 0.220 e. The topological polar surface area (TPSA) is 125 Å². The molecule has 2 fully saturated rings. The predicted octanol–water partition coefficient (Wildman–Crippen LogP) is 13.5. The molecule has 0 spiro atoms. The highest BCUT2D eigenvalue weighted by atomic mass is 16.7. The minimum absolute atomic E-state index is 0.0430. The molecule has 1 aliphatic heterocycles. The fourth-order valence-corrected chi connectivity index (χ4v) is 9.67. The van der Waals surface area contributed by atoms with Crippen LogP contribution in [0.5, 0.6) is 0 Å². The zero-order valence-electron chi connectivity index (χ0n) is 43.9. The number of amides is 1. The highest BCUT2D eigenvalue weighted by molar-refractivity contribution is 5.76. The molecular weight excluding hydrogens is 831 g/mol. The highest BCUT2D eigenvalue weighted by Gasteiger charge is 2.49. The summed E-state index contributed by atoms with van der Waals surface area (Å²) in [6.45, 7) is 13.4. The van der Waals surface area contributed by atoms with E-state index in [1.807, 2.05) is 0 Å². The fraction of sp³-hybridized carbons (Fsp3) is 0.982. The van der Waals surface area contributed by atoms with Crippen LogP contribution in [0.25, 0.3) is 0 Å². The third kappa shape index (κ3) is 29.4. The van der Waals surface area contributed by atoms with E-state index in [-0.39, 0.29) is 12.5 Å². The molecule has 392 valence electrons. The van der Waals surface area contributed by atoms with Gasteiger partial charge in [0.25, 0.3) is 0 Å². The van der Waals surface area contributed by atoms with E-state index in [2.05, 4.69) is 39.9 Å². The van der Waals surface area contributed by atoms with Crippen LogP contribution in [0.3, 0.4) is 0 Å². The Kier molecular flexibility index (Phi) is 39.9. The van der Waals surface area contributed by atoms with Crippen molar-refractivity contribution in [3.63, 3.8) is 0 Å². The molecule has 1 saturated heterocycles. The quantitative estimate of drug-likeness (QED) is 0.0512. The van der Waals surface area contributed by atoms with E-state index in [1.54, 1.807) is 0 Å². The number of unbranched alkanes of at least 4 members (excludes halogenated alkanes) is 24. The van der Waals surface area contributed by atoms with Crippen LogP contribution >= 0.6 is 0 Å². The summed E-state index contributed by atoms with van der Waals surface area (Å²) in [5.74, 6) is 0.254. The average molecular weight is 940 g/mol. The van der Waals surface area contributed by atoms with Crippen molar-refractivity contribution in [1.29, 1.82) is 0 Å². The summed E-state index contributed by atoms with van der Waals surface area (Å²) in [5.41, 5.74) is 0. The molecule has 1 saturated carbocycles. The number of hydrogen-bond donors (Lipinski definition) is 3. The number of carbonyl (C=O) groups excluding carboxylic acids is 1. The number of carbonyl (C=O) groups is 1. The summed E-state index contributed by atoms with van der Waals surface area (Å²) in [7, 11) is 0. The van der Waals surface area contributed by atoms with Crippen molar-refractivity contribution in [3.05, 3.63) is 0 Å². The number of nitrogens with one attached hydrogen (secondary N) is 1. The first kappa shape index (κ1) is 61.3. The van der Waals surface area contributed by atoms with Crippen LogP contribution < -0.4 is 5.32 Å². The molecule has 3 N–H and O–H groups in total. The Bertz CT molecular complexity index is 1060. The SMILES string of the molecule is CCCCCCCCCCCCCCCCCCCCCCCC(=O)N[C@@H](COC1OC(COCCCC)C(OCCCC)C(OCCCC)C1OCCCC)[C@H](O)[C@H](O)CC1CCCC1. The monoisotopic (exact) mass is 940 g/mol. The van der Waals surface area contributed by atoms with Gasteiger partial charge in [-0.2, -0.15) is 0 Å². The van der Waals surface area contributed by atoms with E-state index in [1.165, 1.54) is 116 Å². The second kappa shape index (κ2) is 43.0. The number of rotatable bonds is 47. The molecule has 2 aliphatic rings. The van der Waals surface area contributed by atoms with Gasteiger partial charge in [0.2, 0.25) is 5.91 Å². The third-order valence-electron chi connectivity index (χ3n) is 14.1. The molecule has 2 rings (SSSR count). The normalized spacial score (nSPS) is 21.7. The Morgan fingerprint density at radius 3 is 1.44 bits per heavy atom. The molecule has 10 heteroatoms. The maximum atomic E-state index is 13.5. The second-order valence-corrected chi connectivity index (χ2v) is 20.3. The van der Waals surface area contributed by atoms with Crippen LogP contribution in [0.2, 0.25) is 0 Å². The number of hydrogen-bond acceptors (Lipinski definition) is 9. The van der Waals surface area contributed by atoms with Gasteiger partial charge in [-0.25, -0.2) is 0 Å². The van der Waals surface area contributed by atoms with Crippen LogP contribution in [-0.4, -0.2) is 105 Å². The molecule has 1 heterocycles. The maximum Gasteiger partial charge on any atom is 0.220 e. The number of ether oxygens (including phenoxy) is 6. The van der Waals surface area contributed by atoms with Crippen molar-refractivity contribution in [2.24, 2.45) is 5.92 Å². The molecule has 1 aliphatic carbocycles. The van der Waals surface area contributed by atoms with Crippen LogP contribution in [-0.2, 0) is 33.2 Å². The Balaban J connectivity index is 1.92. The van der Waals surface area contributed by atoms with Gasteiger partial charge < -0.3 is 44.0 Å². The minimum Gasteiger partial charge on any atom is -0.390 e. The van der Waals surface area contributed by atoms with Gasteiger partial charge in [0.15, 0.2) is 6.29 Å². The summed E-state index contributed by atoms with van der Waals surface area (Å²) < 4.78 is 39.3. The lowest BCUT2D eigenvalue weighted by Gasteiger charge is -2.46. The van der Waals surface area contributed by atoms with E-state index in [0.29, 0.717) is 51.8 Å². The van der Waals surface area contributed by atoms with Gasteiger partial charge in [-0.05, 0) is 44.4 Å². The molecule has 10 nitrogen and oxygen atoms in total. The van der Waals surface area contributed by atoms with Crippen molar-refractivity contribution in [2.45, 2.75) is 308 Å². The Hall–Kier alpha value is -0.850. The Morgan fingerprint density at radius 1 is 0.530 bits per heavy atom. The van der Waals surface area contributed by atoms with Crippen LogP contribution in [0, 0.1) is 5.92 Å². The summed E-state index contributed by atoms with van der Waals surface area (Å²) in [6.07, 6.45) is 35.8. The van der Waals surface area contributed by atoms with Crippen molar-refractivity contribution >= 4 is 5.91 Å². The standard InChI is InChI=1S/C56H109NO9/c1-6-11-16-17-18-19-20-21-22-23-24-25-26-27-28-29-30-31-32-33-34-39-51(59)57-48(52(60)49(58)44-47-37-35-36-38-47)45-65-56-55(64-43-15-10-5)54(63-42-14-9-4)53(62-41-13-8-3)50(66-56)46-61-40-12-7-2/h47-50,52-56,58,60H,6-46H2,1-5H3,(H,57,59)/t48-,49+,50?,52-,53?,54?,55?,56?/m0/s1. The van der Waals surface area contributed by atoms with Crippen molar-refractivity contribution < 1.29 is 43.4 Å². The van der Waals surface area contributed by atoms with Gasteiger partial charge in [-0.3, -0.25) is 4.79 Å². The van der Waals surface area contributed by atoms with Gasteiger partial charge in [-0.1, -0.05) is 214 Å². The Morgan fingerprint density at radius 2 is 0.955 bits per heavy atom. The molecule has 0 radical (unpaired) electrons. The summed E-state index contributed by atoms with van der Waals surface area (Å²) in [4.78, 5) is 13.5. The molecule has 5 unspecified atom stereocenters. The van der Waals surface area contributed by atoms with E-state index in [4.69, 9.17) is 28.4 Å². The number of aliphatic hydroxyl groups is 2. The van der Waals surface area contributed by atoms with Crippen molar-refractivity contribution in [2.75, 3.05) is 39.6 Å². The van der Waals surface area contributed by atoms with E-state index in [0.717, 1.165) is 96.3 Å². The molecule has 0 aromatic carbocycles. The van der Waals surface area contributed by atoms with Crippen LogP contribution in [0.1, 0.15) is 259 Å². The van der Waals surface area contributed by atoms with Crippen molar-refractivity contribution in [3.8, 4) is 0 Å². The first-order valence-corrected chi connectivity index (χ1v) is 28.7. The van der Waals surface area contributed by atoms with Gasteiger partial charge in [0, 0.05) is 32.8 Å². The molecule has 8 atom stereocenters. The lowest BCUT2D eigenvalue weighted by atomic mass is 9.94. The molecule has 0 bridgehead atoms. The summed E-state index contributed by atoms with van der Waals surface area (Å²) >= 11 is 0. The molecule has 0 aromatic heterocycles. The lowest BCUT2D eigenvalue weighted by molar-refractivity contribution is -0.325. The summed E-state index contributed by atoms with van der Waals surface area (Å²) in [6, 6.07) is -0.819. The first-order valence-electron chi connectivity index (χ1n) is 28.7. The summed E-state index contributed by atoms with van der Waals surface area (Å²) in [5, 5.41) is 26.2. The van der Waals surface area contributed by atoms with E-state index >= 15 is 0 Å². The highest BCUT2D eigenvalue weighted by Crippen LogP contribution is 2.32. The average Bonchev–Trinajstić information content (AvgIpc) is 3.83. The first-order chi connectivity index (χ1) is 32.4. The lowest BCUT2D eigenvalue weighted by Crippen LogP contribution is -2.63. The minimum atomic E-state index is -1.19. The fourth-order valence-electron chi connectivity index (χ4n) is 9.67.